The first-order chi connectivity index (χ1) is 7.54. The van der Waals surface area contributed by atoms with Gasteiger partial charge in [0, 0.05) is 12.0 Å². The molecule has 0 heterocycles. The first kappa shape index (κ1) is 12.9. The van der Waals surface area contributed by atoms with Crippen molar-refractivity contribution in [3.05, 3.63) is 23.8 Å². The molecule has 3 nitrogen and oxygen atoms in total. The zero-order chi connectivity index (χ0) is 12.1. The summed E-state index contributed by atoms with van der Waals surface area (Å²) in [5.41, 5.74) is 0.241. The number of benzene rings is 1. The van der Waals surface area contributed by atoms with E-state index in [2.05, 4.69) is 20.7 Å². The summed E-state index contributed by atoms with van der Waals surface area (Å²) in [6, 6.07) is 4.14. The minimum atomic E-state index is -3.04. The van der Waals surface area contributed by atoms with Gasteiger partial charge >= 0.3 is 6.61 Å². The Hall–Kier alpha value is -1.17. The van der Waals surface area contributed by atoms with Crippen molar-refractivity contribution in [1.29, 1.82) is 0 Å². The third-order valence-electron chi connectivity index (χ3n) is 1.82. The monoisotopic (exact) mass is 294 g/mol. The Balaban J connectivity index is 2.98. The maximum atomic E-state index is 12.1. The van der Waals surface area contributed by atoms with Crippen molar-refractivity contribution in [2.24, 2.45) is 0 Å². The summed E-state index contributed by atoms with van der Waals surface area (Å²) < 4.78 is 28.3. The molecule has 0 aromatic heterocycles. The van der Waals surface area contributed by atoms with Crippen LogP contribution in [0.3, 0.4) is 0 Å². The van der Waals surface area contributed by atoms with Crippen LogP contribution in [0.15, 0.2) is 18.2 Å². The Kier molecular flexibility index (Phi) is 4.67. The van der Waals surface area contributed by atoms with Gasteiger partial charge in [0.2, 0.25) is 0 Å². The molecule has 6 heteroatoms. The molecule has 16 heavy (non-hydrogen) atoms. The maximum absolute atomic E-state index is 12.1. The molecular formula is C10H9BrF2O3. The van der Waals surface area contributed by atoms with E-state index in [1.807, 2.05) is 0 Å². The Labute approximate surface area is 99.2 Å². The summed E-state index contributed by atoms with van der Waals surface area (Å²) in [5.74, 6) is -0.934. The highest BCUT2D eigenvalue weighted by Crippen LogP contribution is 2.31. The average molecular weight is 295 g/mol. The number of halogens is 3. The number of para-hydroxylation sites is 1. The molecule has 0 saturated heterocycles. The molecule has 0 amide bonds. The predicted octanol–water partition coefficient (Wildman–Crippen LogP) is 2.50. The Morgan fingerprint density at radius 1 is 1.50 bits per heavy atom. The van der Waals surface area contributed by atoms with E-state index in [1.54, 1.807) is 0 Å². The lowest BCUT2D eigenvalue weighted by Gasteiger charge is -2.11. The van der Waals surface area contributed by atoms with Crippen LogP contribution in [-0.2, 0) is 11.2 Å². The number of phenolic OH excluding ortho intramolecular Hbond substituents is 1. The number of carbonyl (C=O) groups is 1. The lowest BCUT2D eigenvalue weighted by molar-refractivity contribution is -0.116. The molecule has 1 aromatic carbocycles. The lowest BCUT2D eigenvalue weighted by atomic mass is 10.1. The fourth-order valence-corrected chi connectivity index (χ4v) is 1.39. The number of Topliss-reactive ketones (excluding diaryl/α,β-unsaturated/α-hetero) is 1. The van der Waals surface area contributed by atoms with Crippen molar-refractivity contribution in [3.8, 4) is 11.5 Å². The number of ether oxygens (including phenoxy) is 1. The molecule has 0 aliphatic carbocycles. The van der Waals surface area contributed by atoms with Gasteiger partial charge in [-0.2, -0.15) is 8.78 Å². The van der Waals surface area contributed by atoms with Gasteiger partial charge in [-0.15, -0.1) is 0 Å². The van der Waals surface area contributed by atoms with Crippen molar-refractivity contribution >= 4 is 21.7 Å². The fourth-order valence-electron chi connectivity index (χ4n) is 1.20. The van der Waals surface area contributed by atoms with Crippen LogP contribution in [0.1, 0.15) is 5.56 Å². The predicted molar refractivity (Wildman–Crippen MR) is 57.2 cm³/mol. The van der Waals surface area contributed by atoms with Crippen LogP contribution < -0.4 is 4.74 Å². The van der Waals surface area contributed by atoms with Crippen LogP contribution in [0.4, 0.5) is 8.78 Å². The van der Waals surface area contributed by atoms with Crippen molar-refractivity contribution < 1.29 is 23.4 Å². The average Bonchev–Trinajstić information content (AvgIpc) is 2.22. The molecule has 0 fully saturated rings. The van der Waals surface area contributed by atoms with Gasteiger partial charge in [-0.25, -0.2) is 0 Å². The van der Waals surface area contributed by atoms with Crippen molar-refractivity contribution in [3.63, 3.8) is 0 Å². The van der Waals surface area contributed by atoms with Crippen LogP contribution in [0.5, 0.6) is 11.5 Å². The Morgan fingerprint density at radius 3 is 2.75 bits per heavy atom. The van der Waals surface area contributed by atoms with E-state index in [9.17, 15) is 18.7 Å². The first-order valence-electron chi connectivity index (χ1n) is 4.38. The molecule has 1 N–H and O–H groups in total. The summed E-state index contributed by atoms with van der Waals surface area (Å²) >= 11 is 2.97. The quantitative estimate of drug-likeness (QED) is 0.849. The number of rotatable bonds is 5. The number of alkyl halides is 3. The van der Waals surface area contributed by atoms with Gasteiger partial charge in [-0.3, -0.25) is 4.79 Å². The van der Waals surface area contributed by atoms with Crippen LogP contribution in [0, 0.1) is 0 Å². The molecule has 0 radical (unpaired) electrons. The number of hydrogen-bond acceptors (Lipinski definition) is 3. The largest absolute Gasteiger partial charge is 0.504 e. The fraction of sp³-hybridized carbons (Fsp3) is 0.300. The van der Waals surface area contributed by atoms with E-state index < -0.39 is 12.4 Å². The maximum Gasteiger partial charge on any atom is 0.387 e. The van der Waals surface area contributed by atoms with Crippen molar-refractivity contribution in [2.75, 3.05) is 5.33 Å². The minimum Gasteiger partial charge on any atom is -0.504 e. The second-order valence-electron chi connectivity index (χ2n) is 2.99. The Morgan fingerprint density at radius 2 is 2.19 bits per heavy atom. The SMILES string of the molecule is O=C(CBr)Cc1cccc(O)c1OC(F)F. The molecule has 1 rings (SSSR count). The molecule has 0 spiro atoms. The summed E-state index contributed by atoms with van der Waals surface area (Å²) in [6.07, 6.45) is -0.0678. The van der Waals surface area contributed by atoms with Crippen LogP contribution in [0.25, 0.3) is 0 Å². The number of aromatic hydroxyl groups is 1. The lowest BCUT2D eigenvalue weighted by Crippen LogP contribution is -2.09. The van der Waals surface area contributed by atoms with Gasteiger partial charge < -0.3 is 9.84 Å². The van der Waals surface area contributed by atoms with Crippen molar-refractivity contribution in [1.82, 2.24) is 0 Å². The molecule has 0 bridgehead atoms. The summed E-state index contributed by atoms with van der Waals surface area (Å²) in [6.45, 7) is -3.04. The zero-order valence-electron chi connectivity index (χ0n) is 8.12. The topological polar surface area (TPSA) is 46.5 Å². The highest BCUT2D eigenvalue weighted by Gasteiger charge is 2.15. The third kappa shape index (κ3) is 3.44. The Bertz CT molecular complexity index is 382. The summed E-state index contributed by atoms with van der Waals surface area (Å²) in [5, 5.41) is 9.47. The van der Waals surface area contributed by atoms with Gasteiger partial charge in [0.1, 0.15) is 5.78 Å². The number of phenols is 1. The van der Waals surface area contributed by atoms with Crippen molar-refractivity contribution in [2.45, 2.75) is 13.0 Å². The second-order valence-corrected chi connectivity index (χ2v) is 3.55. The van der Waals surface area contributed by atoms with Crippen LogP contribution >= 0.6 is 15.9 Å². The van der Waals surface area contributed by atoms with E-state index >= 15 is 0 Å². The van der Waals surface area contributed by atoms with E-state index in [-0.39, 0.29) is 28.8 Å². The minimum absolute atomic E-state index is 0.0678. The van der Waals surface area contributed by atoms with Gasteiger partial charge in [0.05, 0.1) is 5.33 Å². The molecule has 0 aliphatic rings. The number of carbonyl (C=O) groups excluding carboxylic acids is 1. The van der Waals surface area contributed by atoms with Gasteiger partial charge in [0.15, 0.2) is 11.5 Å². The highest BCUT2D eigenvalue weighted by molar-refractivity contribution is 9.09. The van der Waals surface area contributed by atoms with E-state index in [0.717, 1.165) is 0 Å². The zero-order valence-corrected chi connectivity index (χ0v) is 9.71. The second kappa shape index (κ2) is 5.79. The molecular weight excluding hydrogens is 286 g/mol. The van der Waals surface area contributed by atoms with Gasteiger partial charge in [-0.1, -0.05) is 28.1 Å². The third-order valence-corrected chi connectivity index (χ3v) is 2.44. The molecule has 88 valence electrons. The summed E-state index contributed by atoms with van der Waals surface area (Å²) in [4.78, 5) is 11.2. The van der Waals surface area contributed by atoms with E-state index in [1.165, 1.54) is 18.2 Å². The normalized spacial score (nSPS) is 10.5. The molecule has 1 aromatic rings. The smallest absolute Gasteiger partial charge is 0.387 e. The summed E-state index contributed by atoms with van der Waals surface area (Å²) in [7, 11) is 0. The first-order valence-corrected chi connectivity index (χ1v) is 5.50. The van der Waals surface area contributed by atoms with Crippen LogP contribution in [-0.4, -0.2) is 22.8 Å². The molecule has 0 unspecified atom stereocenters. The highest BCUT2D eigenvalue weighted by atomic mass is 79.9. The van der Waals surface area contributed by atoms with Gasteiger partial charge in [0.25, 0.3) is 0 Å². The molecule has 0 saturated carbocycles. The number of ketones is 1. The van der Waals surface area contributed by atoms with Gasteiger partial charge in [-0.05, 0) is 6.07 Å². The van der Waals surface area contributed by atoms with E-state index in [4.69, 9.17) is 0 Å². The molecule has 0 aliphatic heterocycles. The number of hydrogen-bond donors (Lipinski definition) is 1. The standard InChI is InChI=1S/C10H9BrF2O3/c11-5-7(14)4-6-2-1-3-8(15)9(6)16-10(12)13/h1-3,10,15H,4-5H2. The van der Waals surface area contributed by atoms with E-state index in [0.29, 0.717) is 0 Å². The van der Waals surface area contributed by atoms with Crippen LogP contribution in [0.2, 0.25) is 0 Å². The molecule has 0 atom stereocenters.